The van der Waals surface area contributed by atoms with E-state index in [-0.39, 0.29) is 11.9 Å². The highest BCUT2D eigenvalue weighted by atomic mass is 19.1. The van der Waals surface area contributed by atoms with Crippen molar-refractivity contribution in [2.24, 2.45) is 10.9 Å². The average molecular weight is 339 g/mol. The van der Waals surface area contributed by atoms with Crippen LogP contribution in [0.1, 0.15) is 31.9 Å². The Hall–Kier alpha value is -1.66. The van der Waals surface area contributed by atoms with E-state index in [1.54, 1.807) is 26.3 Å². The fourth-order valence-electron chi connectivity index (χ4n) is 2.09. The number of nitrogens with one attached hydrogen (secondary N) is 2. The molecule has 1 aromatic rings. The lowest BCUT2D eigenvalue weighted by Crippen LogP contribution is -2.41. The van der Waals surface area contributed by atoms with Gasteiger partial charge in [0, 0.05) is 33.9 Å². The van der Waals surface area contributed by atoms with Gasteiger partial charge in [-0.15, -0.1) is 0 Å². The van der Waals surface area contributed by atoms with Gasteiger partial charge in [-0.3, -0.25) is 4.99 Å². The molecule has 6 heteroatoms. The second kappa shape index (κ2) is 11.8. The summed E-state index contributed by atoms with van der Waals surface area (Å²) in [6.07, 6.45) is 0.895. The molecule has 0 amide bonds. The van der Waals surface area contributed by atoms with Gasteiger partial charge in [0.05, 0.1) is 12.7 Å². The maximum atomic E-state index is 13.0. The molecule has 0 aliphatic carbocycles. The molecule has 0 fully saturated rings. The van der Waals surface area contributed by atoms with Crippen molar-refractivity contribution >= 4 is 5.96 Å². The van der Waals surface area contributed by atoms with Crippen LogP contribution in [-0.2, 0) is 9.47 Å². The molecule has 0 aliphatic rings. The Morgan fingerprint density at radius 2 is 1.88 bits per heavy atom. The first-order chi connectivity index (χ1) is 11.6. The van der Waals surface area contributed by atoms with Gasteiger partial charge in [0.15, 0.2) is 5.96 Å². The third kappa shape index (κ3) is 8.26. The monoisotopic (exact) mass is 339 g/mol. The highest BCUT2D eigenvalue weighted by Gasteiger charge is 2.11. The molecule has 0 saturated carbocycles. The zero-order chi connectivity index (χ0) is 17.8. The Balaban J connectivity index is 2.30. The molecule has 0 aromatic heterocycles. The van der Waals surface area contributed by atoms with E-state index in [1.807, 2.05) is 0 Å². The summed E-state index contributed by atoms with van der Waals surface area (Å²) in [4.78, 5) is 4.17. The zero-order valence-corrected chi connectivity index (χ0v) is 15.1. The molecule has 1 atom stereocenters. The lowest BCUT2D eigenvalue weighted by Gasteiger charge is -2.19. The van der Waals surface area contributed by atoms with E-state index in [2.05, 4.69) is 29.5 Å². The van der Waals surface area contributed by atoms with E-state index in [0.29, 0.717) is 31.6 Å². The first-order valence-corrected chi connectivity index (χ1v) is 8.37. The predicted octanol–water partition coefficient (Wildman–Crippen LogP) is 2.74. The Labute approximate surface area is 144 Å². The van der Waals surface area contributed by atoms with Crippen molar-refractivity contribution in [3.63, 3.8) is 0 Å². The molecule has 1 unspecified atom stereocenters. The minimum atomic E-state index is -0.253. The summed E-state index contributed by atoms with van der Waals surface area (Å²) in [7, 11) is 3.35. The number of halogens is 1. The van der Waals surface area contributed by atoms with Gasteiger partial charge < -0.3 is 20.1 Å². The van der Waals surface area contributed by atoms with E-state index in [1.165, 1.54) is 12.1 Å². The molecule has 24 heavy (non-hydrogen) atoms. The van der Waals surface area contributed by atoms with Gasteiger partial charge in [-0.05, 0) is 30.0 Å². The molecule has 0 saturated heterocycles. The quantitative estimate of drug-likeness (QED) is 0.391. The molecule has 0 heterocycles. The molecular weight excluding hydrogens is 309 g/mol. The summed E-state index contributed by atoms with van der Waals surface area (Å²) >= 11 is 0. The van der Waals surface area contributed by atoms with Crippen molar-refractivity contribution in [1.29, 1.82) is 0 Å². The van der Waals surface area contributed by atoms with Crippen LogP contribution in [0, 0.1) is 11.7 Å². The van der Waals surface area contributed by atoms with Crippen molar-refractivity contribution < 1.29 is 13.9 Å². The summed E-state index contributed by atoms with van der Waals surface area (Å²) in [5.74, 6) is 1.09. The van der Waals surface area contributed by atoms with Gasteiger partial charge >= 0.3 is 0 Å². The van der Waals surface area contributed by atoms with Crippen LogP contribution in [0.4, 0.5) is 4.39 Å². The van der Waals surface area contributed by atoms with Gasteiger partial charge in [-0.2, -0.15) is 0 Å². The number of nitrogens with zero attached hydrogens (tertiary/aromatic N) is 1. The second-order valence-electron chi connectivity index (χ2n) is 5.95. The van der Waals surface area contributed by atoms with Gasteiger partial charge in [0.25, 0.3) is 0 Å². The molecule has 1 aromatic carbocycles. The average Bonchev–Trinajstić information content (AvgIpc) is 2.57. The van der Waals surface area contributed by atoms with E-state index >= 15 is 0 Å². The Morgan fingerprint density at radius 3 is 2.46 bits per heavy atom. The van der Waals surface area contributed by atoms with Crippen molar-refractivity contribution in [3.8, 4) is 0 Å². The first-order valence-electron chi connectivity index (χ1n) is 8.37. The number of aliphatic imine (C=N–C) groups is 1. The Morgan fingerprint density at radius 1 is 1.17 bits per heavy atom. The van der Waals surface area contributed by atoms with Crippen LogP contribution < -0.4 is 10.6 Å². The van der Waals surface area contributed by atoms with Crippen LogP contribution in [-0.4, -0.2) is 46.4 Å². The Bertz CT molecular complexity index is 478. The molecule has 0 bridgehead atoms. The number of ether oxygens (including phenoxy) is 2. The SMILES string of the molecule is CN=C(NCCOCCC(C)C)NCC(OC)c1ccc(F)cc1. The molecule has 5 nitrogen and oxygen atoms in total. The number of hydrogen-bond acceptors (Lipinski definition) is 3. The third-order valence-electron chi connectivity index (χ3n) is 3.58. The summed E-state index contributed by atoms with van der Waals surface area (Å²) in [6, 6.07) is 6.32. The highest BCUT2D eigenvalue weighted by Crippen LogP contribution is 2.15. The van der Waals surface area contributed by atoms with Crippen LogP contribution in [0.15, 0.2) is 29.3 Å². The number of rotatable bonds is 10. The maximum absolute atomic E-state index is 13.0. The predicted molar refractivity (Wildman–Crippen MR) is 95.8 cm³/mol. The molecule has 2 N–H and O–H groups in total. The fraction of sp³-hybridized carbons (Fsp3) is 0.611. The topological polar surface area (TPSA) is 54.9 Å². The smallest absolute Gasteiger partial charge is 0.191 e. The van der Waals surface area contributed by atoms with Crippen LogP contribution in [0.2, 0.25) is 0 Å². The molecule has 0 aliphatic heterocycles. The van der Waals surface area contributed by atoms with Gasteiger partial charge in [0.2, 0.25) is 0 Å². The van der Waals surface area contributed by atoms with Crippen molar-refractivity contribution in [2.45, 2.75) is 26.4 Å². The van der Waals surface area contributed by atoms with Crippen LogP contribution in [0.25, 0.3) is 0 Å². The van der Waals surface area contributed by atoms with Crippen molar-refractivity contribution in [3.05, 3.63) is 35.6 Å². The van der Waals surface area contributed by atoms with E-state index in [9.17, 15) is 4.39 Å². The molecule has 0 radical (unpaired) electrons. The van der Waals surface area contributed by atoms with Crippen LogP contribution in [0.5, 0.6) is 0 Å². The molecule has 1 rings (SSSR count). The van der Waals surface area contributed by atoms with Crippen molar-refractivity contribution in [2.75, 3.05) is 40.5 Å². The summed E-state index contributed by atoms with van der Waals surface area (Å²) < 4.78 is 24.0. The maximum Gasteiger partial charge on any atom is 0.191 e. The lowest BCUT2D eigenvalue weighted by molar-refractivity contribution is 0.106. The zero-order valence-electron chi connectivity index (χ0n) is 15.1. The van der Waals surface area contributed by atoms with E-state index in [4.69, 9.17) is 9.47 Å². The summed E-state index contributed by atoms with van der Waals surface area (Å²) in [5.41, 5.74) is 0.916. The summed E-state index contributed by atoms with van der Waals surface area (Å²) in [6.45, 7) is 7.00. The number of methoxy groups -OCH3 is 1. The Kier molecular flexibility index (Phi) is 10.0. The third-order valence-corrected chi connectivity index (χ3v) is 3.58. The molecular formula is C18H30FN3O2. The summed E-state index contributed by atoms with van der Waals surface area (Å²) in [5, 5.41) is 6.40. The van der Waals surface area contributed by atoms with Gasteiger partial charge in [-0.1, -0.05) is 26.0 Å². The first kappa shape index (κ1) is 20.4. The standard InChI is InChI=1S/C18H30FN3O2/c1-14(2)9-11-24-12-10-21-18(20-3)22-13-17(23-4)15-5-7-16(19)8-6-15/h5-8,14,17H,9-13H2,1-4H3,(H2,20,21,22). The number of hydrogen-bond donors (Lipinski definition) is 2. The minimum Gasteiger partial charge on any atom is -0.380 e. The number of guanidine groups is 1. The van der Waals surface area contributed by atoms with E-state index < -0.39 is 0 Å². The largest absolute Gasteiger partial charge is 0.380 e. The normalized spacial score (nSPS) is 13.2. The molecule has 0 spiro atoms. The van der Waals surface area contributed by atoms with Crippen LogP contribution >= 0.6 is 0 Å². The fourth-order valence-corrected chi connectivity index (χ4v) is 2.09. The van der Waals surface area contributed by atoms with Gasteiger partial charge in [0.1, 0.15) is 5.82 Å². The van der Waals surface area contributed by atoms with Crippen LogP contribution in [0.3, 0.4) is 0 Å². The second-order valence-corrected chi connectivity index (χ2v) is 5.95. The minimum absolute atomic E-state index is 0.175. The van der Waals surface area contributed by atoms with Crippen molar-refractivity contribution in [1.82, 2.24) is 10.6 Å². The molecule has 136 valence electrons. The van der Waals surface area contributed by atoms with E-state index in [0.717, 1.165) is 18.6 Å². The van der Waals surface area contributed by atoms with Gasteiger partial charge in [-0.25, -0.2) is 4.39 Å². The highest BCUT2D eigenvalue weighted by molar-refractivity contribution is 5.79. The number of benzene rings is 1. The lowest BCUT2D eigenvalue weighted by atomic mass is 10.1.